The van der Waals surface area contributed by atoms with Gasteiger partial charge >= 0.3 is 5.97 Å². The largest absolute Gasteiger partial charge is 0.480 e. The van der Waals surface area contributed by atoms with E-state index in [4.69, 9.17) is 5.11 Å². The van der Waals surface area contributed by atoms with E-state index in [9.17, 15) is 9.59 Å². The van der Waals surface area contributed by atoms with E-state index in [0.717, 1.165) is 12.8 Å². The van der Waals surface area contributed by atoms with Crippen LogP contribution in [-0.2, 0) is 9.59 Å². The molecule has 1 rings (SSSR count). The lowest BCUT2D eigenvalue weighted by Gasteiger charge is -2.25. The first-order valence-electron chi connectivity index (χ1n) is 6.01. The van der Waals surface area contributed by atoms with Crippen molar-refractivity contribution in [1.82, 2.24) is 5.32 Å². The molecule has 0 aromatic carbocycles. The summed E-state index contributed by atoms with van der Waals surface area (Å²) < 4.78 is 0. The Morgan fingerprint density at radius 1 is 1.38 bits per heavy atom. The van der Waals surface area contributed by atoms with Gasteiger partial charge in [0, 0.05) is 6.42 Å². The van der Waals surface area contributed by atoms with Crippen molar-refractivity contribution >= 4 is 11.9 Å². The van der Waals surface area contributed by atoms with Gasteiger partial charge in [-0.15, -0.1) is 0 Å². The maximum Gasteiger partial charge on any atom is 0.326 e. The lowest BCUT2D eigenvalue weighted by atomic mass is 9.83. The van der Waals surface area contributed by atoms with Gasteiger partial charge in [0.25, 0.3) is 0 Å². The fourth-order valence-corrected chi connectivity index (χ4v) is 1.91. The number of carbonyl (C=O) groups is 2. The average molecular weight is 227 g/mol. The number of nitrogens with one attached hydrogen (secondary N) is 1. The summed E-state index contributed by atoms with van der Waals surface area (Å²) in [7, 11) is 0. The van der Waals surface area contributed by atoms with Crippen LogP contribution in [0.5, 0.6) is 0 Å². The third kappa shape index (κ3) is 4.21. The monoisotopic (exact) mass is 227 g/mol. The topological polar surface area (TPSA) is 66.4 Å². The molecule has 0 bridgehead atoms. The van der Waals surface area contributed by atoms with E-state index in [-0.39, 0.29) is 11.8 Å². The molecule has 16 heavy (non-hydrogen) atoms. The number of hydrogen-bond acceptors (Lipinski definition) is 2. The minimum Gasteiger partial charge on any atom is -0.480 e. The Hall–Kier alpha value is -1.06. The number of hydrogen-bond donors (Lipinski definition) is 2. The lowest BCUT2D eigenvalue weighted by Crippen LogP contribution is -2.42. The van der Waals surface area contributed by atoms with Crippen LogP contribution in [0.2, 0.25) is 0 Å². The third-order valence-electron chi connectivity index (χ3n) is 3.04. The van der Waals surface area contributed by atoms with Crippen LogP contribution in [0.25, 0.3) is 0 Å². The fraction of sp³-hybridized carbons (Fsp3) is 0.833. The van der Waals surface area contributed by atoms with Crippen LogP contribution in [0.3, 0.4) is 0 Å². The van der Waals surface area contributed by atoms with E-state index >= 15 is 0 Å². The second-order valence-electron chi connectivity index (χ2n) is 5.09. The lowest BCUT2D eigenvalue weighted by molar-refractivity contribution is -0.142. The maximum atomic E-state index is 11.6. The molecular formula is C12H21NO3. The Kier molecular flexibility index (Phi) is 4.77. The zero-order valence-corrected chi connectivity index (χ0v) is 10.0. The minimum absolute atomic E-state index is 0.113. The van der Waals surface area contributed by atoms with Crippen molar-refractivity contribution in [3.8, 4) is 0 Å². The van der Waals surface area contributed by atoms with Crippen LogP contribution in [0.1, 0.15) is 46.0 Å². The van der Waals surface area contributed by atoms with Gasteiger partial charge in [-0.1, -0.05) is 20.3 Å². The van der Waals surface area contributed by atoms with Gasteiger partial charge in [-0.25, -0.2) is 4.79 Å². The summed E-state index contributed by atoms with van der Waals surface area (Å²) in [5.74, 6) is -0.299. The average Bonchev–Trinajstić information content (AvgIpc) is 2.09. The number of carboxylic acids is 1. The Bertz CT molecular complexity index is 259. The van der Waals surface area contributed by atoms with Crippen LogP contribution < -0.4 is 5.32 Å². The van der Waals surface area contributed by atoms with Gasteiger partial charge < -0.3 is 10.4 Å². The maximum absolute atomic E-state index is 11.6. The van der Waals surface area contributed by atoms with Crippen molar-refractivity contribution in [2.24, 2.45) is 11.8 Å². The van der Waals surface area contributed by atoms with Crippen molar-refractivity contribution in [3.05, 3.63) is 0 Å². The van der Waals surface area contributed by atoms with Gasteiger partial charge in [-0.05, 0) is 31.1 Å². The molecule has 1 amide bonds. The molecule has 92 valence electrons. The van der Waals surface area contributed by atoms with E-state index in [2.05, 4.69) is 5.32 Å². The van der Waals surface area contributed by atoms with Gasteiger partial charge in [0.15, 0.2) is 0 Å². The summed E-state index contributed by atoms with van der Waals surface area (Å²) in [6.45, 7) is 3.90. The van der Waals surface area contributed by atoms with E-state index in [0.29, 0.717) is 18.8 Å². The first-order chi connectivity index (χ1) is 7.49. The van der Waals surface area contributed by atoms with Gasteiger partial charge in [-0.3, -0.25) is 4.79 Å². The summed E-state index contributed by atoms with van der Waals surface area (Å²) in [5.41, 5.74) is 0. The Morgan fingerprint density at radius 3 is 2.38 bits per heavy atom. The predicted octanol–water partition coefficient (Wildman–Crippen LogP) is 1.79. The summed E-state index contributed by atoms with van der Waals surface area (Å²) in [6.07, 6.45) is 4.39. The van der Waals surface area contributed by atoms with E-state index in [1.807, 2.05) is 13.8 Å². The Labute approximate surface area is 96.4 Å². The molecule has 0 radical (unpaired) electrons. The molecular weight excluding hydrogens is 206 g/mol. The molecule has 0 aliphatic heterocycles. The third-order valence-corrected chi connectivity index (χ3v) is 3.04. The standard InChI is InChI=1S/C12H21NO3/c1-8(2)6-10(12(15)16)13-11(14)7-9-4-3-5-9/h8-10H,3-7H2,1-2H3,(H,13,14)(H,15,16)/t10-/m0/s1. The molecule has 1 aliphatic rings. The SMILES string of the molecule is CC(C)C[C@H](NC(=O)CC1CCC1)C(=O)O. The highest BCUT2D eigenvalue weighted by Gasteiger charge is 2.25. The summed E-state index contributed by atoms with van der Waals surface area (Å²) >= 11 is 0. The van der Waals surface area contributed by atoms with Crippen LogP contribution >= 0.6 is 0 Å². The van der Waals surface area contributed by atoms with Crippen LogP contribution in [0.4, 0.5) is 0 Å². The summed E-state index contributed by atoms with van der Waals surface area (Å²) in [5, 5.41) is 11.6. The quantitative estimate of drug-likeness (QED) is 0.727. The predicted molar refractivity (Wildman–Crippen MR) is 61.0 cm³/mol. The first kappa shape index (κ1) is 13.0. The molecule has 0 spiro atoms. The van der Waals surface area contributed by atoms with Crippen molar-refractivity contribution in [2.75, 3.05) is 0 Å². The van der Waals surface area contributed by atoms with Crippen LogP contribution in [0.15, 0.2) is 0 Å². The van der Waals surface area contributed by atoms with Crippen molar-refractivity contribution in [1.29, 1.82) is 0 Å². The van der Waals surface area contributed by atoms with E-state index in [1.54, 1.807) is 0 Å². The Balaban J connectivity index is 2.34. The molecule has 0 unspecified atom stereocenters. The highest BCUT2D eigenvalue weighted by Crippen LogP contribution is 2.29. The second-order valence-corrected chi connectivity index (χ2v) is 5.09. The molecule has 1 saturated carbocycles. The molecule has 4 nitrogen and oxygen atoms in total. The zero-order chi connectivity index (χ0) is 12.1. The molecule has 1 atom stereocenters. The zero-order valence-electron chi connectivity index (χ0n) is 10.0. The molecule has 1 fully saturated rings. The van der Waals surface area contributed by atoms with Crippen molar-refractivity contribution < 1.29 is 14.7 Å². The highest BCUT2D eigenvalue weighted by molar-refractivity contribution is 5.83. The normalized spacial score (nSPS) is 17.9. The second kappa shape index (κ2) is 5.87. The molecule has 0 saturated heterocycles. The fourth-order valence-electron chi connectivity index (χ4n) is 1.91. The number of amides is 1. The molecule has 0 heterocycles. The number of carbonyl (C=O) groups excluding carboxylic acids is 1. The van der Waals surface area contributed by atoms with Gasteiger partial charge in [0.2, 0.25) is 5.91 Å². The van der Waals surface area contributed by atoms with Gasteiger partial charge in [0.1, 0.15) is 6.04 Å². The number of aliphatic carboxylic acids is 1. The summed E-state index contributed by atoms with van der Waals surface area (Å²) in [6, 6.07) is -0.729. The van der Waals surface area contributed by atoms with E-state index < -0.39 is 12.0 Å². The van der Waals surface area contributed by atoms with Gasteiger partial charge in [0.05, 0.1) is 0 Å². The molecule has 0 aromatic rings. The molecule has 2 N–H and O–H groups in total. The summed E-state index contributed by atoms with van der Waals surface area (Å²) in [4.78, 5) is 22.5. The molecule has 1 aliphatic carbocycles. The molecule has 4 heteroatoms. The molecule has 0 aromatic heterocycles. The van der Waals surface area contributed by atoms with Crippen LogP contribution in [0, 0.1) is 11.8 Å². The highest BCUT2D eigenvalue weighted by atomic mass is 16.4. The first-order valence-corrected chi connectivity index (χ1v) is 6.01. The van der Waals surface area contributed by atoms with Crippen molar-refractivity contribution in [2.45, 2.75) is 52.0 Å². The van der Waals surface area contributed by atoms with Crippen molar-refractivity contribution in [3.63, 3.8) is 0 Å². The van der Waals surface area contributed by atoms with Crippen LogP contribution in [-0.4, -0.2) is 23.0 Å². The van der Waals surface area contributed by atoms with Gasteiger partial charge in [-0.2, -0.15) is 0 Å². The van der Waals surface area contributed by atoms with E-state index in [1.165, 1.54) is 6.42 Å². The number of carboxylic acid groups (broad SMARTS) is 1. The smallest absolute Gasteiger partial charge is 0.326 e. The number of rotatable bonds is 6. The Morgan fingerprint density at radius 2 is 2.00 bits per heavy atom. The minimum atomic E-state index is -0.935.